The highest BCUT2D eigenvalue weighted by molar-refractivity contribution is 8.01. The van der Waals surface area contributed by atoms with E-state index in [1.54, 1.807) is 0 Å². The van der Waals surface area contributed by atoms with Crippen molar-refractivity contribution >= 4 is 17.3 Å². The number of thioether (sulfide) groups is 1. The summed E-state index contributed by atoms with van der Waals surface area (Å²) in [5.41, 5.74) is 1.46. The second kappa shape index (κ2) is 4.42. The molecular weight excluding hydrogens is 190 g/mol. The van der Waals surface area contributed by atoms with Crippen LogP contribution in [-0.2, 0) is 0 Å². The quantitative estimate of drug-likeness (QED) is 0.701. The van der Waals surface area contributed by atoms with Gasteiger partial charge >= 0.3 is 0 Å². The molecule has 0 aliphatic heterocycles. The van der Waals surface area contributed by atoms with Crippen molar-refractivity contribution in [2.24, 2.45) is 0 Å². The van der Waals surface area contributed by atoms with Crippen molar-refractivity contribution in [3.63, 3.8) is 0 Å². The Kier molecular flexibility index (Phi) is 3.48. The first-order valence-electron chi connectivity index (χ1n) is 3.79. The number of hydrogen-bond acceptors (Lipinski definition) is 1. The summed E-state index contributed by atoms with van der Waals surface area (Å²) in [5.74, 6) is -1.08. The van der Waals surface area contributed by atoms with Crippen LogP contribution >= 0.6 is 11.8 Å². The zero-order valence-electron chi connectivity index (χ0n) is 7.47. The summed E-state index contributed by atoms with van der Waals surface area (Å²) in [7, 11) is 0. The molecule has 0 radical (unpaired) electrons. The van der Waals surface area contributed by atoms with Crippen molar-refractivity contribution in [1.82, 2.24) is 0 Å². The lowest BCUT2D eigenvalue weighted by Crippen LogP contribution is -1.85. The zero-order chi connectivity index (χ0) is 9.84. The van der Waals surface area contributed by atoms with E-state index in [9.17, 15) is 8.78 Å². The molecule has 1 aromatic rings. The number of halogens is 2. The largest absolute Gasteiger partial charge is 0.207 e. The minimum absolute atomic E-state index is 0.538. The van der Waals surface area contributed by atoms with Gasteiger partial charge in [-0.2, -0.15) is 0 Å². The third kappa shape index (κ3) is 2.84. The molecule has 0 atom stereocenters. The van der Waals surface area contributed by atoms with Crippen LogP contribution in [0.2, 0.25) is 0 Å². The van der Waals surface area contributed by atoms with Crippen molar-refractivity contribution in [3.05, 3.63) is 40.8 Å². The fraction of sp³-hybridized carbons (Fsp3) is 0.200. The van der Waals surface area contributed by atoms with Crippen molar-refractivity contribution in [1.29, 1.82) is 0 Å². The highest BCUT2D eigenvalue weighted by atomic mass is 32.2. The molecule has 0 aliphatic rings. The van der Waals surface area contributed by atoms with E-state index in [4.69, 9.17) is 0 Å². The molecule has 0 N–H and O–H groups in total. The molecule has 0 nitrogen and oxygen atoms in total. The van der Waals surface area contributed by atoms with Crippen LogP contribution in [0.4, 0.5) is 8.78 Å². The monoisotopic (exact) mass is 200 g/mol. The van der Waals surface area contributed by atoms with Gasteiger partial charge < -0.3 is 0 Å². The van der Waals surface area contributed by atoms with Gasteiger partial charge in [0.05, 0.1) is 0 Å². The first kappa shape index (κ1) is 10.3. The van der Waals surface area contributed by atoms with E-state index in [2.05, 4.69) is 0 Å². The van der Waals surface area contributed by atoms with Crippen LogP contribution in [0, 0.1) is 11.6 Å². The summed E-state index contributed by atoms with van der Waals surface area (Å²) in [6.45, 7) is 1.82. The molecule has 0 heterocycles. The maximum atomic E-state index is 12.8. The van der Waals surface area contributed by atoms with Crippen molar-refractivity contribution in [2.45, 2.75) is 6.92 Å². The van der Waals surface area contributed by atoms with Crippen LogP contribution < -0.4 is 0 Å². The van der Waals surface area contributed by atoms with Crippen LogP contribution in [0.1, 0.15) is 12.5 Å². The fourth-order valence-electron chi connectivity index (χ4n) is 1.03. The van der Waals surface area contributed by atoms with Crippen LogP contribution in [0.5, 0.6) is 0 Å². The molecule has 1 rings (SSSR count). The van der Waals surface area contributed by atoms with Crippen molar-refractivity contribution in [3.8, 4) is 0 Å². The van der Waals surface area contributed by atoms with Gasteiger partial charge in [-0.25, -0.2) is 8.78 Å². The Morgan fingerprint density at radius 1 is 1.23 bits per heavy atom. The average Bonchev–Trinajstić information content (AvgIpc) is 2.03. The first-order chi connectivity index (χ1) is 6.13. The fourth-order valence-corrected chi connectivity index (χ4v) is 1.52. The minimum Gasteiger partial charge on any atom is -0.207 e. The third-order valence-electron chi connectivity index (χ3n) is 1.61. The molecular formula is C10H10F2S. The Morgan fingerprint density at radius 3 is 2.23 bits per heavy atom. The Bertz CT molecular complexity index is 311. The Hall–Kier alpha value is -0.830. The standard InChI is InChI=1S/C10H10F2S/c1-7(6-13-2)8-3-9(11)5-10(12)4-8/h3-6H,1-2H3/b7-6+. The predicted octanol–water partition coefficient (Wildman–Crippen LogP) is 3.69. The second-order valence-corrected chi connectivity index (χ2v) is 3.40. The maximum Gasteiger partial charge on any atom is 0.126 e. The minimum atomic E-state index is -0.538. The van der Waals surface area contributed by atoms with E-state index in [0.29, 0.717) is 5.56 Å². The van der Waals surface area contributed by atoms with Gasteiger partial charge in [-0.1, -0.05) is 0 Å². The van der Waals surface area contributed by atoms with Gasteiger partial charge in [0.2, 0.25) is 0 Å². The number of rotatable bonds is 2. The smallest absolute Gasteiger partial charge is 0.126 e. The van der Waals surface area contributed by atoms with Gasteiger partial charge in [-0.15, -0.1) is 11.8 Å². The Morgan fingerprint density at radius 2 is 1.77 bits per heavy atom. The highest BCUT2D eigenvalue weighted by Gasteiger charge is 2.01. The summed E-state index contributed by atoms with van der Waals surface area (Å²) >= 11 is 1.51. The Balaban J connectivity index is 3.08. The van der Waals surface area contributed by atoms with E-state index in [-0.39, 0.29) is 0 Å². The Labute approximate surface area is 80.7 Å². The van der Waals surface area contributed by atoms with E-state index in [1.165, 1.54) is 23.9 Å². The lowest BCUT2D eigenvalue weighted by molar-refractivity contribution is 0.582. The molecule has 0 aliphatic carbocycles. The molecule has 0 aromatic heterocycles. The number of benzene rings is 1. The normalized spacial score (nSPS) is 11.8. The third-order valence-corrected chi connectivity index (χ3v) is 2.20. The molecule has 0 unspecified atom stereocenters. The van der Waals surface area contributed by atoms with Gasteiger partial charge in [-0.05, 0) is 41.9 Å². The van der Waals surface area contributed by atoms with E-state index in [1.807, 2.05) is 18.6 Å². The van der Waals surface area contributed by atoms with Crippen LogP contribution in [0.25, 0.3) is 5.57 Å². The zero-order valence-corrected chi connectivity index (χ0v) is 8.29. The summed E-state index contributed by atoms with van der Waals surface area (Å²) in [5, 5.41) is 1.86. The molecule has 0 amide bonds. The van der Waals surface area contributed by atoms with E-state index >= 15 is 0 Å². The molecule has 0 saturated heterocycles. The highest BCUT2D eigenvalue weighted by Crippen LogP contribution is 2.18. The van der Waals surface area contributed by atoms with Crippen molar-refractivity contribution in [2.75, 3.05) is 6.26 Å². The van der Waals surface area contributed by atoms with Crippen LogP contribution in [-0.4, -0.2) is 6.26 Å². The van der Waals surface area contributed by atoms with Crippen molar-refractivity contribution < 1.29 is 8.78 Å². The number of hydrogen-bond donors (Lipinski definition) is 0. The lowest BCUT2D eigenvalue weighted by atomic mass is 10.1. The molecule has 0 fully saturated rings. The second-order valence-electron chi connectivity index (χ2n) is 2.69. The van der Waals surface area contributed by atoms with E-state index in [0.717, 1.165) is 11.6 Å². The molecule has 0 bridgehead atoms. The topological polar surface area (TPSA) is 0 Å². The summed E-state index contributed by atoms with van der Waals surface area (Å²) < 4.78 is 25.5. The van der Waals surface area contributed by atoms with E-state index < -0.39 is 11.6 Å². The maximum absolute atomic E-state index is 12.8. The predicted molar refractivity (Wildman–Crippen MR) is 53.5 cm³/mol. The number of allylic oxidation sites excluding steroid dienone is 1. The van der Waals surface area contributed by atoms with Gasteiger partial charge in [-0.3, -0.25) is 0 Å². The SMILES string of the molecule is CS/C=C(\C)c1cc(F)cc(F)c1. The average molecular weight is 200 g/mol. The van der Waals surface area contributed by atoms with Gasteiger partial charge in [0.15, 0.2) is 0 Å². The molecule has 13 heavy (non-hydrogen) atoms. The van der Waals surface area contributed by atoms with Gasteiger partial charge in [0.1, 0.15) is 11.6 Å². The molecule has 3 heteroatoms. The van der Waals surface area contributed by atoms with Crippen LogP contribution in [0.3, 0.4) is 0 Å². The lowest BCUT2D eigenvalue weighted by Gasteiger charge is -2.01. The molecule has 0 saturated carbocycles. The summed E-state index contributed by atoms with van der Waals surface area (Å²) in [6.07, 6.45) is 1.90. The van der Waals surface area contributed by atoms with Crippen LogP contribution in [0.15, 0.2) is 23.6 Å². The summed E-state index contributed by atoms with van der Waals surface area (Å²) in [4.78, 5) is 0. The molecule has 1 aromatic carbocycles. The molecule has 70 valence electrons. The summed E-state index contributed by atoms with van der Waals surface area (Å²) in [6, 6.07) is 3.52. The van der Waals surface area contributed by atoms with Gasteiger partial charge in [0, 0.05) is 6.07 Å². The first-order valence-corrected chi connectivity index (χ1v) is 5.08. The van der Waals surface area contributed by atoms with Gasteiger partial charge in [0.25, 0.3) is 0 Å². The molecule has 0 spiro atoms.